The van der Waals surface area contributed by atoms with Crippen LogP contribution in [0.15, 0.2) is 237 Å². The van der Waals surface area contributed by atoms with Crippen LogP contribution in [-0.4, -0.2) is 6.04 Å². The highest BCUT2D eigenvalue weighted by molar-refractivity contribution is 5.99. The minimum absolute atomic E-state index is 0.206. The summed E-state index contributed by atoms with van der Waals surface area (Å²) in [6.45, 7) is 0. The number of nitrogens with zero attached hydrogens (tertiary/aromatic N) is 2. The fourth-order valence-electron chi connectivity index (χ4n) is 8.45. The van der Waals surface area contributed by atoms with E-state index in [1.807, 2.05) is 0 Å². The van der Waals surface area contributed by atoms with Gasteiger partial charge in [0.15, 0.2) is 0 Å². The fourth-order valence-corrected chi connectivity index (χ4v) is 8.45. The smallest absolute Gasteiger partial charge is 0.0560 e. The van der Waals surface area contributed by atoms with Crippen molar-refractivity contribution in [1.29, 1.82) is 0 Å². The summed E-state index contributed by atoms with van der Waals surface area (Å²) in [6.07, 6.45) is 7.97. The number of hydrogen-bond acceptors (Lipinski definition) is 2. The van der Waals surface area contributed by atoms with Crippen LogP contribution in [0.4, 0.5) is 28.4 Å². The van der Waals surface area contributed by atoms with Crippen LogP contribution < -0.4 is 9.80 Å². The molecule has 10 rings (SSSR count). The molecule has 1 unspecified atom stereocenters. The molecule has 0 aliphatic heterocycles. The Morgan fingerprint density at radius 3 is 1.33 bits per heavy atom. The van der Waals surface area contributed by atoms with Gasteiger partial charge in [-0.15, -0.1) is 0 Å². The summed E-state index contributed by atoms with van der Waals surface area (Å²) < 4.78 is 0. The van der Waals surface area contributed by atoms with Gasteiger partial charge < -0.3 is 9.80 Å². The Labute approximate surface area is 340 Å². The van der Waals surface area contributed by atoms with Crippen molar-refractivity contribution in [2.75, 3.05) is 9.80 Å². The van der Waals surface area contributed by atoms with Gasteiger partial charge in [0.2, 0.25) is 0 Å². The predicted octanol–water partition coefficient (Wildman–Crippen LogP) is 15.3. The number of benzene rings is 9. The summed E-state index contributed by atoms with van der Waals surface area (Å²) in [4.78, 5) is 4.83. The van der Waals surface area contributed by atoms with Crippen molar-refractivity contribution in [3.8, 4) is 22.3 Å². The Balaban J connectivity index is 0.859. The monoisotopic (exact) mass is 742 g/mol. The lowest BCUT2D eigenvalue weighted by Gasteiger charge is -2.34. The first-order valence-corrected chi connectivity index (χ1v) is 20.1. The second kappa shape index (κ2) is 15.6. The molecule has 0 saturated heterocycles. The van der Waals surface area contributed by atoms with Crippen molar-refractivity contribution in [2.45, 2.75) is 12.5 Å². The van der Waals surface area contributed by atoms with Crippen LogP contribution in [0.3, 0.4) is 0 Å². The average molecular weight is 743 g/mol. The minimum atomic E-state index is 0.206. The molecule has 0 bridgehead atoms. The van der Waals surface area contributed by atoms with Gasteiger partial charge >= 0.3 is 0 Å². The molecule has 0 aromatic heterocycles. The summed E-state index contributed by atoms with van der Waals surface area (Å²) in [5.41, 5.74) is 13.2. The number of allylic oxidation sites excluding steroid dienone is 2. The molecule has 0 amide bonds. The zero-order valence-corrected chi connectivity index (χ0v) is 32.2. The van der Waals surface area contributed by atoms with Crippen molar-refractivity contribution in [3.63, 3.8) is 0 Å². The van der Waals surface area contributed by atoms with E-state index < -0.39 is 0 Å². The third kappa shape index (κ3) is 6.86. The Kier molecular flexibility index (Phi) is 9.43. The van der Waals surface area contributed by atoms with Crippen molar-refractivity contribution in [1.82, 2.24) is 0 Å². The van der Waals surface area contributed by atoms with Crippen LogP contribution in [-0.2, 0) is 0 Å². The molecule has 9 aromatic rings. The summed E-state index contributed by atoms with van der Waals surface area (Å²) in [6, 6.07) is 78.9. The van der Waals surface area contributed by atoms with Crippen LogP contribution in [0.25, 0.3) is 49.4 Å². The number of fused-ring (bicyclic) bond motifs is 2. The molecule has 2 heteroatoms. The average Bonchev–Trinajstić information content (AvgIpc) is 3.31. The molecule has 2 nitrogen and oxygen atoms in total. The van der Waals surface area contributed by atoms with Gasteiger partial charge in [0, 0.05) is 33.5 Å². The highest BCUT2D eigenvalue weighted by Crippen LogP contribution is 2.40. The molecule has 9 aromatic carbocycles. The maximum Gasteiger partial charge on any atom is 0.0560 e. The highest BCUT2D eigenvalue weighted by Gasteiger charge is 2.22. The molecule has 0 radical (unpaired) electrons. The molecular weight excluding hydrogens is 701 g/mol. The standard InChI is InChI=1S/C56H42N2/c1-3-17-49(18-4-1)57(55-23-11-15-47-13-7-9-21-53(47)55)51-37-33-45(34-38-51)43-29-25-41(26-30-43)42-27-31-44(32-28-42)46-35-39-52(40-36-46)58(50-19-5-2-6-20-50)56-24-12-16-48-14-8-10-22-54(48)56/h1-39,52H,40H2. The SMILES string of the molecule is C1=CC(N(c2ccccc2)c2cccc3ccccc23)CC=C1c1ccc(-c2ccc(-c3ccc(N(c4ccccc4)c4cccc5ccccc45)cc3)cc2)cc1. The summed E-state index contributed by atoms with van der Waals surface area (Å²) in [5.74, 6) is 0. The van der Waals surface area contributed by atoms with Crippen molar-refractivity contribution in [2.24, 2.45) is 0 Å². The normalized spacial score (nSPS) is 13.7. The van der Waals surface area contributed by atoms with Crippen LogP contribution in [0.1, 0.15) is 12.0 Å². The van der Waals surface area contributed by atoms with Crippen LogP contribution >= 0.6 is 0 Å². The Bertz CT molecular complexity index is 2880. The van der Waals surface area contributed by atoms with Gasteiger partial charge in [-0.1, -0.05) is 188 Å². The third-order valence-corrected chi connectivity index (χ3v) is 11.4. The van der Waals surface area contributed by atoms with Crippen LogP contribution in [0, 0.1) is 0 Å². The number of para-hydroxylation sites is 2. The molecule has 0 fully saturated rings. The lowest BCUT2D eigenvalue weighted by atomic mass is 9.93. The van der Waals surface area contributed by atoms with Gasteiger partial charge in [-0.25, -0.2) is 0 Å². The van der Waals surface area contributed by atoms with E-state index in [0.717, 1.165) is 17.8 Å². The molecule has 1 atom stereocenters. The maximum absolute atomic E-state index is 2.49. The van der Waals surface area contributed by atoms with Gasteiger partial charge in [0.05, 0.1) is 11.7 Å². The maximum atomic E-state index is 2.49. The quantitative estimate of drug-likeness (QED) is 0.145. The highest BCUT2D eigenvalue weighted by atomic mass is 15.2. The number of rotatable bonds is 9. The Morgan fingerprint density at radius 1 is 0.345 bits per heavy atom. The van der Waals surface area contributed by atoms with Crippen LogP contribution in [0.2, 0.25) is 0 Å². The molecule has 0 saturated carbocycles. The zero-order chi connectivity index (χ0) is 38.7. The van der Waals surface area contributed by atoms with Crippen molar-refractivity contribution >= 4 is 55.6 Å². The largest absolute Gasteiger partial charge is 0.334 e. The van der Waals surface area contributed by atoms with E-state index in [9.17, 15) is 0 Å². The Morgan fingerprint density at radius 2 is 0.776 bits per heavy atom. The molecule has 58 heavy (non-hydrogen) atoms. The van der Waals surface area contributed by atoms with Gasteiger partial charge in [-0.05, 0) is 99.1 Å². The molecule has 0 spiro atoms. The molecule has 0 heterocycles. The molecule has 0 N–H and O–H groups in total. The van der Waals surface area contributed by atoms with Crippen LogP contribution in [0.5, 0.6) is 0 Å². The topological polar surface area (TPSA) is 6.48 Å². The van der Waals surface area contributed by atoms with E-state index in [2.05, 4.69) is 246 Å². The van der Waals surface area contributed by atoms with Gasteiger partial charge in [0.25, 0.3) is 0 Å². The molecule has 1 aliphatic carbocycles. The molecule has 276 valence electrons. The van der Waals surface area contributed by atoms with E-state index in [-0.39, 0.29) is 6.04 Å². The first kappa shape index (κ1) is 35.0. The number of anilines is 5. The van der Waals surface area contributed by atoms with Gasteiger partial charge in [-0.3, -0.25) is 0 Å². The Hall–Kier alpha value is -7.42. The van der Waals surface area contributed by atoms with Gasteiger partial charge in [-0.2, -0.15) is 0 Å². The van der Waals surface area contributed by atoms with E-state index in [1.165, 1.54) is 72.0 Å². The second-order valence-electron chi connectivity index (χ2n) is 14.9. The predicted molar refractivity (Wildman–Crippen MR) is 248 cm³/mol. The summed E-state index contributed by atoms with van der Waals surface area (Å²) >= 11 is 0. The molecular formula is C56H42N2. The minimum Gasteiger partial charge on any atom is -0.334 e. The fraction of sp³-hybridized carbons (Fsp3) is 0.0357. The van der Waals surface area contributed by atoms with E-state index in [4.69, 9.17) is 0 Å². The van der Waals surface area contributed by atoms with Crippen molar-refractivity contribution in [3.05, 3.63) is 242 Å². The second-order valence-corrected chi connectivity index (χ2v) is 14.9. The summed E-state index contributed by atoms with van der Waals surface area (Å²) in [5, 5.41) is 4.98. The van der Waals surface area contributed by atoms with E-state index >= 15 is 0 Å². The first-order chi connectivity index (χ1) is 28.8. The van der Waals surface area contributed by atoms with E-state index in [0.29, 0.717) is 0 Å². The molecule has 1 aliphatic rings. The van der Waals surface area contributed by atoms with Crippen molar-refractivity contribution < 1.29 is 0 Å². The van der Waals surface area contributed by atoms with Gasteiger partial charge in [0.1, 0.15) is 0 Å². The first-order valence-electron chi connectivity index (χ1n) is 20.1. The third-order valence-electron chi connectivity index (χ3n) is 11.4. The van der Waals surface area contributed by atoms with E-state index in [1.54, 1.807) is 0 Å². The lowest BCUT2D eigenvalue weighted by Crippen LogP contribution is -2.30. The summed E-state index contributed by atoms with van der Waals surface area (Å²) in [7, 11) is 0. The zero-order valence-electron chi connectivity index (χ0n) is 32.2. The lowest BCUT2D eigenvalue weighted by molar-refractivity contribution is 0.789. The number of hydrogen-bond donors (Lipinski definition) is 0.